The molecule has 0 bridgehead atoms. The molecular formula is C40H72N2O21. The van der Waals surface area contributed by atoms with Crippen LogP contribution in [0.4, 0.5) is 0 Å². The Morgan fingerprint density at radius 1 is 0.683 bits per heavy atom. The lowest BCUT2D eigenvalue weighted by Crippen LogP contribution is -2.65. The molecule has 0 spiro atoms. The van der Waals surface area contributed by atoms with Gasteiger partial charge in [0.25, 0.3) is 0 Å². The molecule has 63 heavy (non-hydrogen) atoms. The Morgan fingerprint density at radius 2 is 1.10 bits per heavy atom. The van der Waals surface area contributed by atoms with Crippen LogP contribution >= 0.6 is 0 Å². The number of aliphatic hydroxyl groups is 10. The van der Waals surface area contributed by atoms with Gasteiger partial charge in [0.15, 0.2) is 18.9 Å². The van der Waals surface area contributed by atoms with Crippen molar-refractivity contribution in [2.45, 2.75) is 203 Å². The average Bonchev–Trinajstić information content (AvgIpc) is 3.81. The summed E-state index contributed by atoms with van der Waals surface area (Å²) >= 11 is 0. The van der Waals surface area contributed by atoms with Crippen LogP contribution in [-0.4, -0.2) is 223 Å². The van der Waals surface area contributed by atoms with Gasteiger partial charge in [0.2, 0.25) is 23.1 Å². The number of rotatable bonds is 17. The molecular weight excluding hydrogens is 844 g/mol. The van der Waals surface area contributed by atoms with E-state index in [1.807, 2.05) is 55.4 Å². The fourth-order valence-corrected chi connectivity index (χ4v) is 7.89. The number of hydrogen-bond donors (Lipinski definition) is 12. The second-order valence-corrected chi connectivity index (χ2v) is 17.4. The van der Waals surface area contributed by atoms with Gasteiger partial charge in [-0.15, -0.1) is 0 Å². The van der Waals surface area contributed by atoms with Gasteiger partial charge in [0, 0.05) is 0 Å². The SMILES string of the molecule is C.CC(C)OC1OC(CO)C(OC(C)C)C(O)C1N.CC(C)OC1OC(CO)C(OC(C)C)C(O)C1NCCC(O)C1OC2(O)C(=O)C2C1O.O=CC(O)C1OC2(O)C(=O)C2C1O. The Balaban J connectivity index is 0.000000278. The third-order valence-electron chi connectivity index (χ3n) is 11.0. The molecule has 6 rings (SSSR count). The van der Waals surface area contributed by atoms with Crippen LogP contribution in [0, 0.1) is 11.8 Å². The van der Waals surface area contributed by atoms with Crippen molar-refractivity contribution in [3.8, 4) is 0 Å². The molecule has 2 saturated carbocycles. The maximum Gasteiger partial charge on any atom is 0.240 e. The van der Waals surface area contributed by atoms with Crippen molar-refractivity contribution in [3.63, 3.8) is 0 Å². The first-order chi connectivity index (χ1) is 28.9. The van der Waals surface area contributed by atoms with Crippen LogP contribution in [0.2, 0.25) is 0 Å². The maximum atomic E-state index is 11.4. The Morgan fingerprint density at radius 3 is 1.49 bits per heavy atom. The van der Waals surface area contributed by atoms with Gasteiger partial charge in [-0.3, -0.25) is 9.59 Å². The smallest absolute Gasteiger partial charge is 0.240 e. The third-order valence-corrected chi connectivity index (χ3v) is 11.0. The van der Waals surface area contributed by atoms with Crippen molar-refractivity contribution in [2.24, 2.45) is 17.6 Å². The Kier molecular flexibility index (Phi) is 20.1. The van der Waals surface area contributed by atoms with Crippen molar-refractivity contribution in [2.75, 3.05) is 19.8 Å². The van der Waals surface area contributed by atoms with E-state index in [-0.39, 0.29) is 64.3 Å². The van der Waals surface area contributed by atoms with E-state index in [9.17, 15) is 60.3 Å². The topological polar surface area (TPSA) is 365 Å². The van der Waals surface area contributed by atoms with E-state index in [1.165, 1.54) is 0 Å². The number of fused-ring (bicyclic) bond motifs is 2. The van der Waals surface area contributed by atoms with E-state index in [0.717, 1.165) is 0 Å². The summed E-state index contributed by atoms with van der Waals surface area (Å²) < 4.78 is 43.8. The van der Waals surface area contributed by atoms with Gasteiger partial charge in [0.1, 0.15) is 66.8 Å². The summed E-state index contributed by atoms with van der Waals surface area (Å²) in [6, 6.07) is -1.41. The predicted octanol–water partition coefficient (Wildman–Crippen LogP) is -4.92. The second-order valence-electron chi connectivity index (χ2n) is 17.4. The van der Waals surface area contributed by atoms with Crippen LogP contribution in [0.5, 0.6) is 0 Å². The summed E-state index contributed by atoms with van der Waals surface area (Å²) in [5.74, 6) is -7.15. The molecule has 6 fully saturated rings. The van der Waals surface area contributed by atoms with Crippen molar-refractivity contribution >= 4 is 17.9 Å². The average molecular weight is 917 g/mol. The first kappa shape index (κ1) is 55.5. The summed E-state index contributed by atoms with van der Waals surface area (Å²) in [7, 11) is 0. The molecule has 6 aliphatic rings. The molecule has 13 N–H and O–H groups in total. The van der Waals surface area contributed by atoms with Gasteiger partial charge >= 0.3 is 0 Å². The molecule has 0 aromatic heterocycles. The van der Waals surface area contributed by atoms with Crippen molar-refractivity contribution < 1.29 is 103 Å². The van der Waals surface area contributed by atoms with E-state index in [4.69, 9.17) is 44.0 Å². The zero-order valence-corrected chi connectivity index (χ0v) is 36.1. The lowest BCUT2D eigenvalue weighted by atomic mass is 9.96. The third kappa shape index (κ3) is 12.4. The summed E-state index contributed by atoms with van der Waals surface area (Å²) in [6.07, 6.45) is -14.2. The summed E-state index contributed by atoms with van der Waals surface area (Å²) in [6.45, 7) is 14.3. The molecule has 23 heteroatoms. The standard InChI is InChI=1S/C20H35NO10.C12H25NO5.C7H8O6.CH4/c1-8(2)28-17-11(7-22)30-19(29-9(3)4)13(15(17)25)21-6-5-10(23)16-14(24)12-18(26)20(12,27)31-16;1-6(2)16-11-8(5-14)18-12(17-7(3)4)9(13)10(11)15;8-1-2(9)5-4(10)3-6(11)7(3,12)13-5;/h8-17,19,21-25,27H,5-7H2,1-4H3;6-12,14-15H,5,13H2,1-4H3;1-5,9-10,12H;1H4. The minimum absolute atomic E-state index is 0. The molecule has 0 aromatic rings. The number of aldehydes is 1. The minimum Gasteiger partial charge on any atom is -0.394 e. The highest BCUT2D eigenvalue weighted by molar-refractivity contribution is 6.07. The van der Waals surface area contributed by atoms with Gasteiger partial charge in [-0.2, -0.15) is 0 Å². The molecule has 4 heterocycles. The molecule has 4 saturated heterocycles. The Bertz CT molecular complexity index is 1480. The first-order valence-electron chi connectivity index (χ1n) is 21.0. The molecule has 20 atom stereocenters. The zero-order valence-electron chi connectivity index (χ0n) is 36.1. The largest absolute Gasteiger partial charge is 0.394 e. The molecule has 0 aromatic carbocycles. The molecule has 4 aliphatic heterocycles. The van der Waals surface area contributed by atoms with Crippen molar-refractivity contribution in [3.05, 3.63) is 0 Å². The molecule has 368 valence electrons. The molecule has 0 amide bonds. The number of carbonyl (C=O) groups is 3. The summed E-state index contributed by atoms with van der Waals surface area (Å²) in [4.78, 5) is 32.3. The van der Waals surface area contributed by atoms with E-state index in [1.54, 1.807) is 0 Å². The van der Waals surface area contributed by atoms with E-state index >= 15 is 0 Å². The number of hydrogen-bond acceptors (Lipinski definition) is 23. The van der Waals surface area contributed by atoms with Crippen molar-refractivity contribution in [1.29, 1.82) is 0 Å². The van der Waals surface area contributed by atoms with Crippen LogP contribution in [-0.2, 0) is 52.3 Å². The van der Waals surface area contributed by atoms with Crippen LogP contribution in [0.25, 0.3) is 0 Å². The minimum atomic E-state index is -1.98. The fraction of sp³-hybridized carbons (Fsp3) is 0.925. The number of nitrogens with two attached hydrogens (primary N) is 1. The van der Waals surface area contributed by atoms with E-state index < -0.39 is 133 Å². The highest BCUT2D eigenvalue weighted by atomic mass is 16.7. The molecule has 23 nitrogen and oxygen atoms in total. The van der Waals surface area contributed by atoms with Gasteiger partial charge in [-0.25, -0.2) is 0 Å². The molecule has 2 aliphatic carbocycles. The van der Waals surface area contributed by atoms with Crippen LogP contribution in [0.15, 0.2) is 0 Å². The molecule has 0 radical (unpaired) electrons. The van der Waals surface area contributed by atoms with Gasteiger partial charge in [-0.05, 0) is 68.4 Å². The number of Topliss-reactive ketones (excluding diaryl/α,β-unsaturated/α-hetero) is 2. The molecule has 20 unspecified atom stereocenters. The summed E-state index contributed by atoms with van der Waals surface area (Å²) in [5.41, 5.74) is 5.89. The number of carbonyl (C=O) groups excluding carboxylic acids is 3. The monoisotopic (exact) mass is 916 g/mol. The Labute approximate surface area is 366 Å². The summed E-state index contributed by atoms with van der Waals surface area (Å²) in [5, 5.41) is 101. The van der Waals surface area contributed by atoms with Gasteiger partial charge in [0.05, 0.1) is 68.0 Å². The number of nitrogens with one attached hydrogen (secondary N) is 1. The Hall–Kier alpha value is -1.79. The quantitative estimate of drug-likeness (QED) is 0.0608. The first-order valence-corrected chi connectivity index (χ1v) is 21.0. The van der Waals surface area contributed by atoms with Gasteiger partial charge < -0.3 is 105 Å². The zero-order chi connectivity index (χ0) is 46.8. The lowest BCUT2D eigenvalue weighted by molar-refractivity contribution is -0.290. The second kappa shape index (κ2) is 22.8. The van der Waals surface area contributed by atoms with Crippen LogP contribution in [0.1, 0.15) is 69.2 Å². The normalized spacial score (nSPS) is 42.5. The highest BCUT2D eigenvalue weighted by Gasteiger charge is 2.78. The number of ether oxygens (including phenoxy) is 8. The van der Waals surface area contributed by atoms with Crippen molar-refractivity contribution in [1.82, 2.24) is 5.32 Å². The van der Waals surface area contributed by atoms with Crippen LogP contribution in [0.3, 0.4) is 0 Å². The number of aliphatic hydroxyl groups excluding tert-OH is 8. The van der Waals surface area contributed by atoms with Gasteiger partial charge in [-0.1, -0.05) is 7.43 Å². The van der Waals surface area contributed by atoms with E-state index in [2.05, 4.69) is 10.1 Å². The number of ketones is 2. The predicted molar refractivity (Wildman–Crippen MR) is 214 cm³/mol. The van der Waals surface area contributed by atoms with Crippen LogP contribution < -0.4 is 11.1 Å². The lowest BCUT2D eigenvalue weighted by Gasteiger charge is -2.45. The maximum absolute atomic E-state index is 11.4. The highest BCUT2D eigenvalue weighted by Crippen LogP contribution is 2.52. The fourth-order valence-electron chi connectivity index (χ4n) is 7.89. The van der Waals surface area contributed by atoms with E-state index in [0.29, 0.717) is 0 Å².